The number of carbonyl (C=O) groups is 2. The van der Waals surface area contributed by atoms with Crippen molar-refractivity contribution in [2.24, 2.45) is 0 Å². The average molecular weight is 276 g/mol. The van der Waals surface area contributed by atoms with Crippen LogP contribution in [-0.4, -0.2) is 36.1 Å². The zero-order valence-corrected chi connectivity index (χ0v) is 11.4. The molecule has 1 atom stereocenters. The molecule has 1 heterocycles. The highest BCUT2D eigenvalue weighted by Crippen LogP contribution is 2.18. The Labute approximate surface area is 118 Å². The molecule has 0 bridgehead atoms. The lowest BCUT2D eigenvalue weighted by molar-refractivity contribution is -0.137. The molecular formula is C15H20N2O3. The number of para-hydroxylation sites is 1. The van der Waals surface area contributed by atoms with Crippen molar-refractivity contribution < 1.29 is 14.7 Å². The Kier molecular flexibility index (Phi) is 5.12. The average Bonchev–Trinajstić information content (AvgIpc) is 2.98. The fourth-order valence-electron chi connectivity index (χ4n) is 2.45. The Hall–Kier alpha value is -1.88. The highest BCUT2D eigenvalue weighted by Gasteiger charge is 2.27. The van der Waals surface area contributed by atoms with E-state index in [1.165, 1.54) is 0 Å². The lowest BCUT2D eigenvalue weighted by Crippen LogP contribution is -2.44. The first-order valence-electron chi connectivity index (χ1n) is 7.00. The third kappa shape index (κ3) is 3.81. The zero-order chi connectivity index (χ0) is 14.4. The van der Waals surface area contributed by atoms with Crippen LogP contribution in [0.25, 0.3) is 0 Å². The number of benzene rings is 1. The molecule has 1 aliphatic rings. The maximum absolute atomic E-state index is 12.5. The lowest BCUT2D eigenvalue weighted by Gasteiger charge is -2.25. The third-order valence-electron chi connectivity index (χ3n) is 3.46. The quantitative estimate of drug-likeness (QED) is 0.828. The minimum atomic E-state index is -0.829. The van der Waals surface area contributed by atoms with Gasteiger partial charge < -0.3 is 15.3 Å². The summed E-state index contributed by atoms with van der Waals surface area (Å²) in [5.74, 6) is -0.788. The van der Waals surface area contributed by atoms with Crippen molar-refractivity contribution in [2.75, 3.05) is 18.0 Å². The predicted molar refractivity (Wildman–Crippen MR) is 76.7 cm³/mol. The summed E-state index contributed by atoms with van der Waals surface area (Å²) in [5, 5.41) is 11.9. The lowest BCUT2D eigenvalue weighted by atomic mass is 10.1. The number of nitrogens with one attached hydrogen (secondary N) is 1. The number of carbonyl (C=O) groups excluding carboxylic acids is 1. The predicted octanol–water partition coefficient (Wildman–Crippen LogP) is 1.64. The summed E-state index contributed by atoms with van der Waals surface area (Å²) in [6.45, 7) is 1.31. The second-order valence-electron chi connectivity index (χ2n) is 4.97. The van der Waals surface area contributed by atoms with E-state index in [1.54, 1.807) is 4.90 Å². The van der Waals surface area contributed by atoms with Crippen molar-refractivity contribution in [3.05, 3.63) is 30.3 Å². The normalized spacial score (nSPS) is 17.9. The van der Waals surface area contributed by atoms with Gasteiger partial charge in [-0.15, -0.1) is 0 Å². The van der Waals surface area contributed by atoms with Crippen LogP contribution in [-0.2, 0) is 9.59 Å². The van der Waals surface area contributed by atoms with Crippen molar-refractivity contribution >= 4 is 17.6 Å². The van der Waals surface area contributed by atoms with Gasteiger partial charge in [-0.05, 0) is 37.9 Å². The van der Waals surface area contributed by atoms with Crippen LogP contribution in [0.4, 0.5) is 5.69 Å². The van der Waals surface area contributed by atoms with Crippen LogP contribution in [0.5, 0.6) is 0 Å². The summed E-state index contributed by atoms with van der Waals surface area (Å²) >= 11 is 0. The van der Waals surface area contributed by atoms with Crippen LogP contribution in [0.15, 0.2) is 30.3 Å². The van der Waals surface area contributed by atoms with Crippen molar-refractivity contribution in [1.29, 1.82) is 0 Å². The number of amides is 1. The first-order chi connectivity index (χ1) is 9.68. The highest BCUT2D eigenvalue weighted by molar-refractivity contribution is 5.97. The molecule has 0 radical (unpaired) electrons. The molecule has 0 aromatic heterocycles. The molecule has 0 aliphatic carbocycles. The Bertz CT molecular complexity index is 455. The van der Waals surface area contributed by atoms with Gasteiger partial charge in [0.25, 0.3) is 0 Å². The monoisotopic (exact) mass is 276 g/mol. The van der Waals surface area contributed by atoms with Gasteiger partial charge >= 0.3 is 5.97 Å². The first kappa shape index (κ1) is 14.5. The van der Waals surface area contributed by atoms with Crippen LogP contribution in [0, 0.1) is 0 Å². The van der Waals surface area contributed by atoms with Crippen LogP contribution in [0.1, 0.15) is 25.7 Å². The molecule has 20 heavy (non-hydrogen) atoms. The van der Waals surface area contributed by atoms with Crippen molar-refractivity contribution in [3.8, 4) is 0 Å². The standard InChI is InChI=1S/C15H20N2O3/c18-14(19)9-5-11-17(12-6-2-1-3-7-12)15(20)13-8-4-10-16-13/h1-3,6-7,13,16H,4-5,8-11H2,(H,18,19)/t13-/m0/s1. The van der Waals surface area contributed by atoms with Gasteiger partial charge in [0.15, 0.2) is 0 Å². The number of rotatable bonds is 6. The van der Waals surface area contributed by atoms with Crippen LogP contribution in [0.2, 0.25) is 0 Å². The third-order valence-corrected chi connectivity index (χ3v) is 3.46. The van der Waals surface area contributed by atoms with Gasteiger partial charge in [0.1, 0.15) is 0 Å². The van der Waals surface area contributed by atoms with E-state index >= 15 is 0 Å². The fraction of sp³-hybridized carbons (Fsp3) is 0.467. The molecule has 1 aromatic rings. The van der Waals surface area contributed by atoms with Crippen LogP contribution < -0.4 is 10.2 Å². The molecule has 2 rings (SSSR count). The Balaban J connectivity index is 2.06. The molecule has 108 valence electrons. The molecule has 5 nitrogen and oxygen atoms in total. The highest BCUT2D eigenvalue weighted by atomic mass is 16.4. The van der Waals surface area contributed by atoms with E-state index in [4.69, 9.17) is 5.11 Å². The van der Waals surface area contributed by atoms with Crippen molar-refractivity contribution in [1.82, 2.24) is 5.32 Å². The number of nitrogens with zero attached hydrogens (tertiary/aromatic N) is 1. The molecule has 1 aromatic carbocycles. The fourth-order valence-corrected chi connectivity index (χ4v) is 2.45. The van der Waals surface area contributed by atoms with E-state index in [1.807, 2.05) is 30.3 Å². The van der Waals surface area contributed by atoms with E-state index < -0.39 is 5.97 Å². The second-order valence-corrected chi connectivity index (χ2v) is 4.97. The molecule has 1 aliphatic heterocycles. The summed E-state index contributed by atoms with van der Waals surface area (Å²) in [4.78, 5) is 24.9. The van der Waals surface area contributed by atoms with E-state index in [-0.39, 0.29) is 18.4 Å². The number of carboxylic acid groups (broad SMARTS) is 1. The van der Waals surface area contributed by atoms with Crippen molar-refractivity contribution in [2.45, 2.75) is 31.7 Å². The summed E-state index contributed by atoms with van der Waals surface area (Å²) in [6.07, 6.45) is 2.40. The molecule has 0 unspecified atom stereocenters. The molecule has 0 spiro atoms. The summed E-state index contributed by atoms with van der Waals surface area (Å²) in [7, 11) is 0. The number of hydrogen-bond acceptors (Lipinski definition) is 3. The van der Waals surface area contributed by atoms with E-state index in [0.29, 0.717) is 13.0 Å². The number of hydrogen-bond donors (Lipinski definition) is 2. The first-order valence-corrected chi connectivity index (χ1v) is 7.00. The molecule has 0 saturated carbocycles. The molecule has 1 amide bonds. The largest absolute Gasteiger partial charge is 0.481 e. The Morgan fingerprint density at radius 3 is 2.65 bits per heavy atom. The molecule has 2 N–H and O–H groups in total. The van der Waals surface area contributed by atoms with E-state index in [9.17, 15) is 9.59 Å². The molecule has 5 heteroatoms. The molecule has 1 saturated heterocycles. The number of anilines is 1. The van der Waals surface area contributed by atoms with Gasteiger partial charge in [-0.3, -0.25) is 9.59 Å². The van der Waals surface area contributed by atoms with Gasteiger partial charge in [0.05, 0.1) is 6.04 Å². The maximum atomic E-state index is 12.5. The van der Waals surface area contributed by atoms with E-state index in [2.05, 4.69) is 5.32 Å². The van der Waals surface area contributed by atoms with Gasteiger partial charge in [0.2, 0.25) is 5.91 Å². The number of aliphatic carboxylic acids is 1. The minimum absolute atomic E-state index is 0.0408. The second kappa shape index (κ2) is 7.05. The minimum Gasteiger partial charge on any atom is -0.481 e. The summed E-state index contributed by atoms with van der Waals surface area (Å²) in [5.41, 5.74) is 0.830. The van der Waals surface area contributed by atoms with Gasteiger partial charge in [-0.2, -0.15) is 0 Å². The van der Waals surface area contributed by atoms with Gasteiger partial charge in [-0.1, -0.05) is 18.2 Å². The maximum Gasteiger partial charge on any atom is 0.303 e. The molecular weight excluding hydrogens is 256 g/mol. The number of carboxylic acids is 1. The van der Waals surface area contributed by atoms with Gasteiger partial charge in [-0.25, -0.2) is 0 Å². The van der Waals surface area contributed by atoms with Crippen molar-refractivity contribution in [3.63, 3.8) is 0 Å². The summed E-state index contributed by atoms with van der Waals surface area (Å²) in [6, 6.07) is 9.29. The Morgan fingerprint density at radius 2 is 2.05 bits per heavy atom. The Morgan fingerprint density at radius 1 is 1.30 bits per heavy atom. The van der Waals surface area contributed by atoms with E-state index in [0.717, 1.165) is 25.1 Å². The zero-order valence-electron chi connectivity index (χ0n) is 11.4. The van der Waals surface area contributed by atoms with Crippen LogP contribution in [0.3, 0.4) is 0 Å². The topological polar surface area (TPSA) is 69.6 Å². The molecule has 1 fully saturated rings. The van der Waals surface area contributed by atoms with Crippen LogP contribution >= 0.6 is 0 Å². The van der Waals surface area contributed by atoms with Gasteiger partial charge in [0, 0.05) is 18.7 Å². The summed E-state index contributed by atoms with van der Waals surface area (Å²) < 4.78 is 0. The SMILES string of the molecule is O=C(O)CCCN(C(=O)[C@@H]1CCCN1)c1ccccc1. The smallest absolute Gasteiger partial charge is 0.303 e.